The molecule has 1 atom stereocenters. The fourth-order valence-electron chi connectivity index (χ4n) is 2.35. The SMILES string of the molecule is O=C(CCc1cscn1)NCC(N1CCNCC1)C(F)(F)F. The molecular weight excluding hydrogens is 317 g/mol. The van der Waals surface area contributed by atoms with Crippen LogP contribution in [0, 0.1) is 0 Å². The monoisotopic (exact) mass is 336 g/mol. The van der Waals surface area contributed by atoms with Gasteiger partial charge in [-0.05, 0) is 6.42 Å². The molecule has 1 aliphatic rings. The van der Waals surface area contributed by atoms with E-state index in [1.54, 1.807) is 5.51 Å². The van der Waals surface area contributed by atoms with Crippen LogP contribution in [0.2, 0.25) is 0 Å². The number of piperazine rings is 1. The molecule has 0 aromatic carbocycles. The Bertz CT molecular complexity index is 460. The van der Waals surface area contributed by atoms with Crippen LogP contribution in [0.1, 0.15) is 12.1 Å². The first kappa shape index (κ1) is 17.2. The largest absolute Gasteiger partial charge is 0.405 e. The van der Waals surface area contributed by atoms with E-state index in [2.05, 4.69) is 15.6 Å². The number of alkyl halides is 3. The van der Waals surface area contributed by atoms with Gasteiger partial charge in [-0.3, -0.25) is 9.69 Å². The topological polar surface area (TPSA) is 57.3 Å². The fraction of sp³-hybridized carbons (Fsp3) is 0.692. The molecule has 1 unspecified atom stereocenters. The van der Waals surface area contributed by atoms with Gasteiger partial charge in [0.2, 0.25) is 5.91 Å². The zero-order valence-corrected chi connectivity index (χ0v) is 12.8. The van der Waals surface area contributed by atoms with Crippen LogP contribution >= 0.6 is 11.3 Å². The quantitative estimate of drug-likeness (QED) is 0.815. The standard InChI is InChI=1S/C13H19F3N4OS/c14-13(15,16)11(20-5-3-17-4-6-20)7-18-12(21)2-1-10-8-22-9-19-10/h8-9,11,17H,1-7H2,(H,18,21). The number of halogens is 3. The summed E-state index contributed by atoms with van der Waals surface area (Å²) in [5.41, 5.74) is 2.45. The molecule has 0 saturated carbocycles. The molecule has 0 radical (unpaired) electrons. The van der Waals surface area contributed by atoms with Gasteiger partial charge in [0.1, 0.15) is 6.04 Å². The number of hydrogen-bond acceptors (Lipinski definition) is 5. The Labute approximate surface area is 130 Å². The molecular formula is C13H19F3N4OS. The van der Waals surface area contributed by atoms with E-state index in [9.17, 15) is 18.0 Å². The Hall–Kier alpha value is -1.19. The summed E-state index contributed by atoms with van der Waals surface area (Å²) in [6, 6.07) is -1.63. The van der Waals surface area contributed by atoms with E-state index in [-0.39, 0.29) is 12.3 Å². The minimum absolute atomic E-state index is 0.149. The van der Waals surface area contributed by atoms with Crippen molar-refractivity contribution in [3.8, 4) is 0 Å². The lowest BCUT2D eigenvalue weighted by molar-refractivity contribution is -0.184. The highest BCUT2D eigenvalue weighted by atomic mass is 32.1. The van der Waals surface area contributed by atoms with E-state index in [0.717, 1.165) is 5.69 Å². The average Bonchev–Trinajstić information content (AvgIpc) is 2.98. The summed E-state index contributed by atoms with van der Waals surface area (Å²) >= 11 is 1.43. The van der Waals surface area contributed by atoms with Crippen LogP contribution in [-0.2, 0) is 11.2 Å². The van der Waals surface area contributed by atoms with E-state index >= 15 is 0 Å². The number of amides is 1. The third-order valence-corrected chi connectivity index (χ3v) is 4.19. The lowest BCUT2D eigenvalue weighted by atomic mass is 10.2. The van der Waals surface area contributed by atoms with Crippen molar-refractivity contribution in [2.45, 2.75) is 25.1 Å². The smallest absolute Gasteiger partial charge is 0.354 e. The summed E-state index contributed by atoms with van der Waals surface area (Å²) in [4.78, 5) is 17.1. The Morgan fingerprint density at radius 3 is 2.77 bits per heavy atom. The zero-order chi connectivity index (χ0) is 16.0. The highest BCUT2D eigenvalue weighted by Gasteiger charge is 2.43. The molecule has 1 amide bonds. The first-order chi connectivity index (χ1) is 10.5. The highest BCUT2D eigenvalue weighted by molar-refractivity contribution is 7.07. The van der Waals surface area contributed by atoms with E-state index < -0.39 is 18.8 Å². The van der Waals surface area contributed by atoms with E-state index in [4.69, 9.17) is 0 Å². The molecule has 1 fully saturated rings. The first-order valence-corrected chi connectivity index (χ1v) is 8.06. The van der Waals surface area contributed by atoms with Gasteiger partial charge >= 0.3 is 6.18 Å². The van der Waals surface area contributed by atoms with Gasteiger partial charge in [0, 0.05) is 44.5 Å². The number of hydrogen-bond donors (Lipinski definition) is 2. The number of carbonyl (C=O) groups excluding carboxylic acids is 1. The maximum Gasteiger partial charge on any atom is 0.405 e. The minimum Gasteiger partial charge on any atom is -0.354 e. The van der Waals surface area contributed by atoms with Crippen LogP contribution < -0.4 is 10.6 Å². The van der Waals surface area contributed by atoms with E-state index in [1.165, 1.54) is 16.2 Å². The highest BCUT2D eigenvalue weighted by Crippen LogP contribution is 2.24. The van der Waals surface area contributed by atoms with E-state index in [0.29, 0.717) is 32.6 Å². The number of carbonyl (C=O) groups is 1. The van der Waals surface area contributed by atoms with Gasteiger partial charge in [-0.1, -0.05) is 0 Å². The first-order valence-electron chi connectivity index (χ1n) is 7.12. The van der Waals surface area contributed by atoms with Gasteiger partial charge in [-0.15, -0.1) is 11.3 Å². The molecule has 1 aliphatic heterocycles. The lowest BCUT2D eigenvalue weighted by Gasteiger charge is -2.35. The van der Waals surface area contributed by atoms with Crippen LogP contribution in [0.5, 0.6) is 0 Å². The van der Waals surface area contributed by atoms with Crippen LogP contribution in [0.25, 0.3) is 0 Å². The fourth-order valence-corrected chi connectivity index (χ4v) is 2.94. The summed E-state index contributed by atoms with van der Waals surface area (Å²) < 4.78 is 39.4. The Balaban J connectivity index is 1.81. The third kappa shape index (κ3) is 5.22. The Morgan fingerprint density at radius 1 is 1.45 bits per heavy atom. The van der Waals surface area contributed by atoms with Gasteiger partial charge < -0.3 is 10.6 Å². The summed E-state index contributed by atoms with van der Waals surface area (Å²) in [5, 5.41) is 7.25. The number of nitrogens with zero attached hydrogens (tertiary/aromatic N) is 2. The minimum atomic E-state index is -4.35. The van der Waals surface area contributed by atoms with Gasteiger partial charge in [-0.25, -0.2) is 4.98 Å². The van der Waals surface area contributed by atoms with Gasteiger partial charge in [0.05, 0.1) is 11.2 Å². The third-order valence-electron chi connectivity index (χ3n) is 3.55. The van der Waals surface area contributed by atoms with Crippen molar-refractivity contribution in [3.05, 3.63) is 16.6 Å². The van der Waals surface area contributed by atoms with Crippen molar-refractivity contribution in [2.24, 2.45) is 0 Å². The summed E-state index contributed by atoms with van der Waals surface area (Å²) in [5.74, 6) is -0.377. The molecule has 1 saturated heterocycles. The second kappa shape index (κ2) is 7.89. The molecule has 0 aliphatic carbocycles. The van der Waals surface area contributed by atoms with Crippen molar-refractivity contribution >= 4 is 17.2 Å². The van der Waals surface area contributed by atoms with Gasteiger partial charge in [0.15, 0.2) is 0 Å². The molecule has 22 heavy (non-hydrogen) atoms. The zero-order valence-electron chi connectivity index (χ0n) is 12.0. The lowest BCUT2D eigenvalue weighted by Crippen LogP contribution is -2.57. The predicted octanol–water partition coefficient (Wildman–Crippen LogP) is 1.03. The molecule has 2 heterocycles. The van der Waals surface area contributed by atoms with Crippen molar-refractivity contribution in [3.63, 3.8) is 0 Å². The Kier molecular flexibility index (Phi) is 6.16. The second-order valence-electron chi connectivity index (χ2n) is 5.13. The van der Waals surface area contributed by atoms with Gasteiger partial charge in [-0.2, -0.15) is 13.2 Å². The molecule has 5 nitrogen and oxygen atoms in total. The molecule has 1 aromatic rings. The molecule has 2 N–H and O–H groups in total. The van der Waals surface area contributed by atoms with Crippen molar-refractivity contribution in [1.82, 2.24) is 20.5 Å². The van der Waals surface area contributed by atoms with Gasteiger partial charge in [0.25, 0.3) is 0 Å². The summed E-state index contributed by atoms with van der Waals surface area (Å²) in [7, 11) is 0. The van der Waals surface area contributed by atoms with Crippen LogP contribution in [0.4, 0.5) is 13.2 Å². The molecule has 9 heteroatoms. The summed E-state index contributed by atoms with van der Waals surface area (Å²) in [6.07, 6.45) is -3.75. The average molecular weight is 336 g/mol. The van der Waals surface area contributed by atoms with Crippen LogP contribution in [-0.4, -0.2) is 60.7 Å². The normalized spacial score (nSPS) is 18.1. The molecule has 124 valence electrons. The molecule has 2 rings (SSSR count). The maximum absolute atomic E-state index is 13.1. The number of nitrogens with one attached hydrogen (secondary N) is 2. The van der Waals surface area contributed by atoms with Crippen LogP contribution in [0.15, 0.2) is 10.9 Å². The second-order valence-corrected chi connectivity index (χ2v) is 5.85. The van der Waals surface area contributed by atoms with Crippen molar-refractivity contribution in [1.29, 1.82) is 0 Å². The maximum atomic E-state index is 13.1. The number of thiazole rings is 1. The molecule has 1 aromatic heterocycles. The van der Waals surface area contributed by atoms with Crippen molar-refractivity contribution in [2.75, 3.05) is 32.7 Å². The van der Waals surface area contributed by atoms with Crippen LogP contribution in [0.3, 0.4) is 0 Å². The number of rotatable bonds is 6. The van der Waals surface area contributed by atoms with Crippen molar-refractivity contribution < 1.29 is 18.0 Å². The Morgan fingerprint density at radius 2 is 2.18 bits per heavy atom. The molecule has 0 spiro atoms. The predicted molar refractivity (Wildman–Crippen MR) is 77.7 cm³/mol. The van der Waals surface area contributed by atoms with E-state index in [1.807, 2.05) is 5.38 Å². The number of aryl methyl sites for hydroxylation is 1. The summed E-state index contributed by atoms with van der Waals surface area (Å²) in [6.45, 7) is 1.33. The number of aromatic nitrogens is 1. The molecule has 0 bridgehead atoms.